The second-order valence-electron chi connectivity index (χ2n) is 6.44. The number of aliphatic hydroxyl groups excluding tert-OH is 1. The summed E-state index contributed by atoms with van der Waals surface area (Å²) in [5.41, 5.74) is 0.341. The number of β-amino-alcohol motifs (C(OH)–C–C–N with tert-alkyl or cyclic N) is 1. The van der Waals surface area contributed by atoms with Gasteiger partial charge in [0, 0.05) is 13.1 Å². The van der Waals surface area contributed by atoms with E-state index in [1.165, 1.54) is 32.1 Å². The summed E-state index contributed by atoms with van der Waals surface area (Å²) >= 11 is 0. The van der Waals surface area contributed by atoms with Crippen molar-refractivity contribution in [1.82, 2.24) is 4.90 Å². The minimum atomic E-state index is -0.431. The zero-order valence-electron chi connectivity index (χ0n) is 11.1. The van der Waals surface area contributed by atoms with Crippen molar-refractivity contribution >= 4 is 5.91 Å². The standard InChI is InChI=1S/C14H25NO2/c1-11(2)8-14(5-3-4-6-14)10-15-9-12(16)7-13(15)17/h11-12,16H,3-10H2,1-2H3. The highest BCUT2D eigenvalue weighted by molar-refractivity contribution is 5.79. The molecule has 1 atom stereocenters. The van der Waals surface area contributed by atoms with Crippen LogP contribution in [-0.2, 0) is 4.79 Å². The third kappa shape index (κ3) is 3.01. The lowest BCUT2D eigenvalue weighted by atomic mass is 9.78. The number of carbonyl (C=O) groups is 1. The Hall–Kier alpha value is -0.570. The third-order valence-corrected chi connectivity index (χ3v) is 4.23. The highest BCUT2D eigenvalue weighted by Crippen LogP contribution is 2.44. The van der Waals surface area contributed by atoms with Crippen molar-refractivity contribution in [2.45, 2.75) is 58.5 Å². The molecule has 3 nitrogen and oxygen atoms in total. The second kappa shape index (κ2) is 4.97. The summed E-state index contributed by atoms with van der Waals surface area (Å²) in [6, 6.07) is 0. The Balaban J connectivity index is 2.00. The van der Waals surface area contributed by atoms with E-state index in [-0.39, 0.29) is 5.91 Å². The summed E-state index contributed by atoms with van der Waals surface area (Å²) in [6.07, 6.45) is 6.23. The molecule has 1 N–H and O–H groups in total. The van der Waals surface area contributed by atoms with Gasteiger partial charge in [0.1, 0.15) is 0 Å². The van der Waals surface area contributed by atoms with Gasteiger partial charge in [-0.1, -0.05) is 26.7 Å². The number of carbonyl (C=O) groups excluding carboxylic acids is 1. The molecule has 1 amide bonds. The van der Waals surface area contributed by atoms with Gasteiger partial charge in [-0.25, -0.2) is 0 Å². The predicted octanol–water partition coefficient (Wildman–Crippen LogP) is 2.19. The lowest BCUT2D eigenvalue weighted by molar-refractivity contribution is -0.129. The molecule has 0 radical (unpaired) electrons. The summed E-state index contributed by atoms with van der Waals surface area (Å²) in [5.74, 6) is 0.836. The molecule has 1 saturated carbocycles. The van der Waals surface area contributed by atoms with E-state index in [1.54, 1.807) is 0 Å². The molecule has 2 rings (SSSR count). The SMILES string of the molecule is CC(C)CC1(CN2CC(O)CC2=O)CCCC1. The third-order valence-electron chi connectivity index (χ3n) is 4.23. The van der Waals surface area contributed by atoms with Gasteiger partial charge in [-0.3, -0.25) is 4.79 Å². The van der Waals surface area contributed by atoms with E-state index in [0.717, 1.165) is 6.54 Å². The monoisotopic (exact) mass is 239 g/mol. The maximum Gasteiger partial charge on any atom is 0.225 e. The zero-order valence-corrected chi connectivity index (χ0v) is 11.1. The largest absolute Gasteiger partial charge is 0.391 e. The molecule has 3 heteroatoms. The molecule has 0 bridgehead atoms. The normalized spacial score (nSPS) is 28.4. The van der Waals surface area contributed by atoms with Crippen LogP contribution in [0.1, 0.15) is 52.4 Å². The van der Waals surface area contributed by atoms with E-state index < -0.39 is 6.10 Å². The number of aliphatic hydroxyl groups is 1. The summed E-state index contributed by atoms with van der Waals surface area (Å²) < 4.78 is 0. The first kappa shape index (κ1) is 12.9. The molecule has 0 aromatic carbocycles. The van der Waals surface area contributed by atoms with Gasteiger partial charge < -0.3 is 10.0 Å². The highest BCUT2D eigenvalue weighted by Gasteiger charge is 2.39. The van der Waals surface area contributed by atoms with E-state index in [1.807, 2.05) is 4.90 Å². The molecule has 17 heavy (non-hydrogen) atoms. The Labute approximate surface area is 104 Å². The van der Waals surface area contributed by atoms with E-state index >= 15 is 0 Å². The number of nitrogens with zero attached hydrogens (tertiary/aromatic N) is 1. The van der Waals surface area contributed by atoms with Crippen LogP contribution in [0.4, 0.5) is 0 Å². The second-order valence-corrected chi connectivity index (χ2v) is 6.44. The number of likely N-dealkylation sites (tertiary alicyclic amines) is 1. The molecular formula is C14H25NO2. The number of amides is 1. The fourth-order valence-corrected chi connectivity index (χ4v) is 3.73. The van der Waals surface area contributed by atoms with E-state index in [2.05, 4.69) is 13.8 Å². The average Bonchev–Trinajstić information content (AvgIpc) is 2.75. The van der Waals surface area contributed by atoms with Gasteiger partial charge in [0.2, 0.25) is 5.91 Å². The van der Waals surface area contributed by atoms with E-state index in [4.69, 9.17) is 0 Å². The number of rotatable bonds is 4. The molecule has 98 valence electrons. The van der Waals surface area contributed by atoms with Gasteiger partial charge in [-0.15, -0.1) is 0 Å². The van der Waals surface area contributed by atoms with Crippen LogP contribution in [0.25, 0.3) is 0 Å². The van der Waals surface area contributed by atoms with Crippen molar-refractivity contribution in [3.63, 3.8) is 0 Å². The van der Waals surface area contributed by atoms with Crippen molar-refractivity contribution in [1.29, 1.82) is 0 Å². The molecule has 1 aliphatic heterocycles. The van der Waals surface area contributed by atoms with Crippen LogP contribution in [0.3, 0.4) is 0 Å². The van der Waals surface area contributed by atoms with Gasteiger partial charge >= 0.3 is 0 Å². The summed E-state index contributed by atoms with van der Waals surface area (Å²) in [4.78, 5) is 13.7. The fourth-order valence-electron chi connectivity index (χ4n) is 3.73. The smallest absolute Gasteiger partial charge is 0.225 e. The number of hydrogen-bond acceptors (Lipinski definition) is 2. The van der Waals surface area contributed by atoms with Gasteiger partial charge in [0.25, 0.3) is 0 Å². The predicted molar refractivity (Wildman–Crippen MR) is 67.6 cm³/mol. The van der Waals surface area contributed by atoms with Gasteiger partial charge in [-0.05, 0) is 30.6 Å². The Morgan fingerprint density at radius 3 is 2.53 bits per heavy atom. The first-order valence-corrected chi connectivity index (χ1v) is 6.97. The lowest BCUT2D eigenvalue weighted by Gasteiger charge is -2.35. The molecular weight excluding hydrogens is 214 g/mol. The Morgan fingerprint density at radius 2 is 2.06 bits per heavy atom. The van der Waals surface area contributed by atoms with Crippen molar-refractivity contribution < 1.29 is 9.90 Å². The van der Waals surface area contributed by atoms with Crippen molar-refractivity contribution in [3.8, 4) is 0 Å². The van der Waals surface area contributed by atoms with Crippen LogP contribution in [0.5, 0.6) is 0 Å². The van der Waals surface area contributed by atoms with Crippen LogP contribution < -0.4 is 0 Å². The Kier molecular flexibility index (Phi) is 3.76. The lowest BCUT2D eigenvalue weighted by Crippen LogP contribution is -2.38. The van der Waals surface area contributed by atoms with Crippen molar-refractivity contribution in [2.75, 3.05) is 13.1 Å². The fraction of sp³-hybridized carbons (Fsp3) is 0.929. The molecule has 2 fully saturated rings. The molecule has 1 unspecified atom stereocenters. The van der Waals surface area contributed by atoms with Gasteiger partial charge in [0.05, 0.1) is 12.5 Å². The maximum absolute atomic E-state index is 11.8. The molecule has 0 spiro atoms. The van der Waals surface area contributed by atoms with Crippen LogP contribution in [0, 0.1) is 11.3 Å². The van der Waals surface area contributed by atoms with Crippen LogP contribution in [0.2, 0.25) is 0 Å². The quantitative estimate of drug-likeness (QED) is 0.817. The topological polar surface area (TPSA) is 40.5 Å². The van der Waals surface area contributed by atoms with Crippen molar-refractivity contribution in [3.05, 3.63) is 0 Å². The molecule has 1 aliphatic carbocycles. The van der Waals surface area contributed by atoms with Crippen LogP contribution in [-0.4, -0.2) is 35.1 Å². The van der Waals surface area contributed by atoms with Gasteiger partial charge in [0.15, 0.2) is 0 Å². The highest BCUT2D eigenvalue weighted by atomic mass is 16.3. The van der Waals surface area contributed by atoms with Crippen LogP contribution >= 0.6 is 0 Å². The minimum absolute atomic E-state index is 0.146. The van der Waals surface area contributed by atoms with Crippen molar-refractivity contribution in [2.24, 2.45) is 11.3 Å². The van der Waals surface area contributed by atoms with E-state index in [9.17, 15) is 9.90 Å². The molecule has 1 saturated heterocycles. The summed E-state index contributed by atoms with van der Waals surface area (Å²) in [6.45, 7) is 5.96. The van der Waals surface area contributed by atoms with Crippen LogP contribution in [0.15, 0.2) is 0 Å². The zero-order chi connectivity index (χ0) is 12.5. The molecule has 1 heterocycles. The first-order valence-electron chi connectivity index (χ1n) is 6.97. The maximum atomic E-state index is 11.8. The Morgan fingerprint density at radius 1 is 1.41 bits per heavy atom. The molecule has 0 aromatic rings. The first-order chi connectivity index (χ1) is 8.01. The molecule has 2 aliphatic rings. The average molecular weight is 239 g/mol. The van der Waals surface area contributed by atoms with Gasteiger partial charge in [-0.2, -0.15) is 0 Å². The molecule has 0 aromatic heterocycles. The minimum Gasteiger partial charge on any atom is -0.391 e. The summed E-state index contributed by atoms with van der Waals surface area (Å²) in [7, 11) is 0. The Bertz CT molecular complexity index is 282. The number of hydrogen-bond donors (Lipinski definition) is 1. The summed E-state index contributed by atoms with van der Waals surface area (Å²) in [5, 5.41) is 9.55. The van der Waals surface area contributed by atoms with E-state index in [0.29, 0.717) is 24.3 Å².